The third-order valence-corrected chi connectivity index (χ3v) is 1.93. The molecule has 0 saturated heterocycles. The number of anilines is 1. The number of aromatic nitrogens is 2. The number of halogens is 1. The van der Waals surface area contributed by atoms with Crippen LogP contribution in [0.3, 0.4) is 0 Å². The van der Waals surface area contributed by atoms with E-state index >= 15 is 0 Å². The van der Waals surface area contributed by atoms with Gasteiger partial charge in [0.2, 0.25) is 0 Å². The molecule has 5 nitrogen and oxygen atoms in total. The molecule has 15 heavy (non-hydrogen) atoms. The van der Waals surface area contributed by atoms with Crippen LogP contribution in [-0.2, 0) is 4.79 Å². The second kappa shape index (κ2) is 4.75. The SMILES string of the molecule is CNc1nc(C)nc(Cl)c1/C=C/C(=O)O. The highest BCUT2D eigenvalue weighted by atomic mass is 35.5. The number of carboxylic acids is 1. The van der Waals surface area contributed by atoms with Gasteiger partial charge in [-0.15, -0.1) is 0 Å². The van der Waals surface area contributed by atoms with Gasteiger partial charge in [-0.2, -0.15) is 0 Å². The largest absolute Gasteiger partial charge is 0.478 e. The zero-order valence-electron chi connectivity index (χ0n) is 8.28. The lowest BCUT2D eigenvalue weighted by Crippen LogP contribution is -2.01. The van der Waals surface area contributed by atoms with Crippen LogP contribution in [0.5, 0.6) is 0 Å². The molecule has 6 heteroatoms. The zero-order valence-corrected chi connectivity index (χ0v) is 9.04. The van der Waals surface area contributed by atoms with Crippen LogP contribution in [0.2, 0.25) is 5.15 Å². The highest BCUT2D eigenvalue weighted by Crippen LogP contribution is 2.22. The molecule has 2 N–H and O–H groups in total. The molecule has 0 aliphatic rings. The summed E-state index contributed by atoms with van der Waals surface area (Å²) in [5.41, 5.74) is 0.465. The topological polar surface area (TPSA) is 75.1 Å². The number of rotatable bonds is 3. The predicted octanol–water partition coefficient (Wildman–Crippen LogP) is 1.58. The van der Waals surface area contributed by atoms with E-state index in [2.05, 4.69) is 15.3 Å². The number of hydrogen-bond donors (Lipinski definition) is 2. The number of hydrogen-bond acceptors (Lipinski definition) is 4. The molecule has 0 bridgehead atoms. The number of aryl methyl sites for hydroxylation is 1. The first-order chi connectivity index (χ1) is 7.04. The standard InChI is InChI=1S/C9H10ClN3O2/c1-5-12-8(10)6(3-4-7(14)15)9(11-2)13-5/h3-4H,1-2H3,(H,14,15)(H,11,12,13)/b4-3+. The van der Waals surface area contributed by atoms with Gasteiger partial charge in [-0.1, -0.05) is 11.6 Å². The van der Waals surface area contributed by atoms with Gasteiger partial charge in [0, 0.05) is 13.1 Å². The maximum Gasteiger partial charge on any atom is 0.328 e. The molecule has 1 rings (SSSR count). The smallest absolute Gasteiger partial charge is 0.328 e. The van der Waals surface area contributed by atoms with Crippen molar-refractivity contribution in [2.24, 2.45) is 0 Å². The number of carbonyl (C=O) groups is 1. The van der Waals surface area contributed by atoms with Crippen LogP contribution < -0.4 is 5.32 Å². The van der Waals surface area contributed by atoms with Crippen molar-refractivity contribution in [1.29, 1.82) is 0 Å². The average molecular weight is 228 g/mol. The molecule has 0 saturated carbocycles. The molecule has 0 aromatic carbocycles. The quantitative estimate of drug-likeness (QED) is 0.606. The first-order valence-corrected chi connectivity index (χ1v) is 4.55. The molecule has 1 heterocycles. The van der Waals surface area contributed by atoms with Crippen molar-refractivity contribution >= 4 is 29.5 Å². The fourth-order valence-corrected chi connectivity index (χ4v) is 1.31. The average Bonchev–Trinajstić information content (AvgIpc) is 2.14. The molecular formula is C9H10ClN3O2. The van der Waals surface area contributed by atoms with Crippen molar-refractivity contribution in [2.75, 3.05) is 12.4 Å². The van der Waals surface area contributed by atoms with E-state index < -0.39 is 5.97 Å². The number of nitrogens with zero attached hydrogens (tertiary/aromatic N) is 2. The van der Waals surface area contributed by atoms with E-state index in [0.29, 0.717) is 17.2 Å². The van der Waals surface area contributed by atoms with Gasteiger partial charge in [0.15, 0.2) is 0 Å². The predicted molar refractivity (Wildman–Crippen MR) is 58.0 cm³/mol. The zero-order chi connectivity index (χ0) is 11.4. The molecule has 0 fully saturated rings. The van der Waals surface area contributed by atoms with Gasteiger partial charge in [0.25, 0.3) is 0 Å². The Morgan fingerprint density at radius 1 is 1.53 bits per heavy atom. The minimum absolute atomic E-state index is 0.226. The molecule has 80 valence electrons. The monoisotopic (exact) mass is 227 g/mol. The summed E-state index contributed by atoms with van der Waals surface area (Å²) >= 11 is 5.86. The first-order valence-electron chi connectivity index (χ1n) is 4.17. The van der Waals surface area contributed by atoms with Gasteiger partial charge in [0.1, 0.15) is 16.8 Å². The Morgan fingerprint density at radius 2 is 2.20 bits per heavy atom. The van der Waals surface area contributed by atoms with Crippen molar-refractivity contribution in [3.8, 4) is 0 Å². The lowest BCUT2D eigenvalue weighted by atomic mass is 10.2. The van der Waals surface area contributed by atoms with Crippen molar-refractivity contribution in [2.45, 2.75) is 6.92 Å². The Balaban J connectivity index is 3.20. The summed E-state index contributed by atoms with van der Waals surface area (Å²) in [6, 6.07) is 0. The lowest BCUT2D eigenvalue weighted by Gasteiger charge is -2.06. The third-order valence-electron chi connectivity index (χ3n) is 1.64. The highest BCUT2D eigenvalue weighted by molar-refractivity contribution is 6.31. The second-order valence-electron chi connectivity index (χ2n) is 2.75. The van der Waals surface area contributed by atoms with Crippen LogP contribution >= 0.6 is 11.6 Å². The Hall–Kier alpha value is -1.62. The van der Waals surface area contributed by atoms with Crippen LogP contribution in [0.4, 0.5) is 5.82 Å². The minimum Gasteiger partial charge on any atom is -0.478 e. The summed E-state index contributed by atoms with van der Waals surface area (Å²) in [7, 11) is 1.68. The highest BCUT2D eigenvalue weighted by Gasteiger charge is 2.07. The number of aliphatic carboxylic acids is 1. The molecule has 0 atom stereocenters. The summed E-state index contributed by atoms with van der Waals surface area (Å²) in [5.74, 6) is -0.0180. The van der Waals surface area contributed by atoms with Crippen LogP contribution in [0, 0.1) is 6.92 Å². The van der Waals surface area contributed by atoms with Gasteiger partial charge in [0.05, 0.1) is 5.56 Å². The second-order valence-corrected chi connectivity index (χ2v) is 3.10. The minimum atomic E-state index is -1.05. The van der Waals surface area contributed by atoms with Gasteiger partial charge in [-0.05, 0) is 13.0 Å². The van der Waals surface area contributed by atoms with Crippen molar-refractivity contribution in [1.82, 2.24) is 9.97 Å². The Bertz CT molecular complexity index is 418. The van der Waals surface area contributed by atoms with Crippen LogP contribution in [-0.4, -0.2) is 28.1 Å². The molecule has 0 amide bonds. The summed E-state index contributed by atoms with van der Waals surface area (Å²) in [6.07, 6.45) is 2.34. The molecule has 0 radical (unpaired) electrons. The van der Waals surface area contributed by atoms with E-state index in [-0.39, 0.29) is 5.15 Å². The summed E-state index contributed by atoms with van der Waals surface area (Å²) in [4.78, 5) is 18.4. The van der Waals surface area contributed by atoms with Gasteiger partial charge >= 0.3 is 5.97 Å². The van der Waals surface area contributed by atoms with Crippen molar-refractivity contribution in [3.63, 3.8) is 0 Å². The van der Waals surface area contributed by atoms with Crippen molar-refractivity contribution < 1.29 is 9.90 Å². The molecule has 0 spiro atoms. The number of carboxylic acid groups (broad SMARTS) is 1. The van der Waals surface area contributed by atoms with E-state index in [1.165, 1.54) is 6.08 Å². The molecule has 1 aromatic rings. The normalized spacial score (nSPS) is 10.6. The molecule has 0 aliphatic carbocycles. The Kier molecular flexibility index (Phi) is 3.62. The first kappa shape index (κ1) is 11.5. The molecule has 1 aromatic heterocycles. The lowest BCUT2D eigenvalue weighted by molar-refractivity contribution is -0.131. The Labute approximate surface area is 91.8 Å². The Morgan fingerprint density at radius 3 is 2.73 bits per heavy atom. The van der Waals surface area contributed by atoms with E-state index in [1.54, 1.807) is 14.0 Å². The van der Waals surface area contributed by atoms with Crippen LogP contribution in [0.1, 0.15) is 11.4 Å². The maximum absolute atomic E-state index is 10.4. The van der Waals surface area contributed by atoms with Gasteiger partial charge in [-0.3, -0.25) is 0 Å². The fraction of sp³-hybridized carbons (Fsp3) is 0.222. The maximum atomic E-state index is 10.4. The van der Waals surface area contributed by atoms with E-state index in [9.17, 15) is 4.79 Å². The van der Waals surface area contributed by atoms with Gasteiger partial charge in [-0.25, -0.2) is 14.8 Å². The van der Waals surface area contributed by atoms with E-state index in [1.807, 2.05) is 0 Å². The molecule has 0 aliphatic heterocycles. The van der Waals surface area contributed by atoms with Crippen LogP contribution in [0.25, 0.3) is 6.08 Å². The van der Waals surface area contributed by atoms with Gasteiger partial charge < -0.3 is 10.4 Å². The third kappa shape index (κ3) is 2.92. The molecular weight excluding hydrogens is 218 g/mol. The summed E-state index contributed by atoms with van der Waals surface area (Å²) in [5, 5.41) is 11.5. The molecule has 0 unspecified atom stereocenters. The van der Waals surface area contributed by atoms with E-state index in [0.717, 1.165) is 6.08 Å². The fourth-order valence-electron chi connectivity index (χ4n) is 1.04. The van der Waals surface area contributed by atoms with E-state index in [4.69, 9.17) is 16.7 Å². The number of nitrogens with one attached hydrogen (secondary N) is 1. The van der Waals surface area contributed by atoms with Crippen molar-refractivity contribution in [3.05, 3.63) is 22.6 Å². The summed E-state index contributed by atoms with van der Waals surface area (Å²) in [6.45, 7) is 1.71. The van der Waals surface area contributed by atoms with Crippen LogP contribution in [0.15, 0.2) is 6.08 Å². The summed E-state index contributed by atoms with van der Waals surface area (Å²) < 4.78 is 0.